The van der Waals surface area contributed by atoms with Crippen molar-refractivity contribution in [1.29, 1.82) is 0 Å². The summed E-state index contributed by atoms with van der Waals surface area (Å²) in [6.07, 6.45) is 1.45. The van der Waals surface area contributed by atoms with E-state index < -0.39 is 22.5 Å². The van der Waals surface area contributed by atoms with Crippen molar-refractivity contribution >= 4 is 39.1 Å². The zero-order chi connectivity index (χ0) is 23.8. The van der Waals surface area contributed by atoms with Gasteiger partial charge in [0.15, 0.2) is 0 Å². The highest BCUT2D eigenvalue weighted by Crippen LogP contribution is 2.21. The molecule has 1 aromatic heterocycles. The first-order valence-corrected chi connectivity index (χ1v) is 11.4. The van der Waals surface area contributed by atoms with Gasteiger partial charge in [-0.1, -0.05) is 36.4 Å². The number of pyridine rings is 1. The number of nitrogens with zero attached hydrogens (tertiary/aromatic N) is 3. The fourth-order valence-electron chi connectivity index (χ4n) is 2.88. The molecule has 1 heterocycles. The molecule has 33 heavy (non-hydrogen) atoms. The third-order valence-electron chi connectivity index (χ3n) is 4.49. The lowest BCUT2D eigenvalue weighted by molar-refractivity contribution is -0.119. The van der Waals surface area contributed by atoms with Crippen molar-refractivity contribution in [2.24, 2.45) is 5.10 Å². The summed E-state index contributed by atoms with van der Waals surface area (Å²) in [6, 6.07) is 19.6. The molecule has 0 bridgehead atoms. The van der Waals surface area contributed by atoms with Crippen LogP contribution in [0.3, 0.4) is 0 Å². The molecule has 0 aliphatic heterocycles. The minimum atomic E-state index is -4.03. The maximum atomic E-state index is 13.2. The van der Waals surface area contributed by atoms with Crippen molar-refractivity contribution < 1.29 is 18.0 Å². The van der Waals surface area contributed by atoms with E-state index in [0.29, 0.717) is 11.4 Å². The van der Waals surface area contributed by atoms with Gasteiger partial charge < -0.3 is 5.32 Å². The summed E-state index contributed by atoms with van der Waals surface area (Å²) in [5, 5.41) is 6.74. The molecule has 0 saturated heterocycles. The Balaban J connectivity index is 1.77. The Morgan fingerprint density at radius 3 is 2.21 bits per heavy atom. The molecule has 0 fully saturated rings. The monoisotopic (exact) mass is 465 g/mol. The van der Waals surface area contributed by atoms with Crippen LogP contribution >= 0.6 is 0 Å². The van der Waals surface area contributed by atoms with E-state index in [1.54, 1.807) is 61.5 Å². The number of anilines is 2. The zero-order valence-electron chi connectivity index (χ0n) is 18.1. The molecule has 2 N–H and O–H groups in total. The molecule has 170 valence electrons. The Labute approximate surface area is 192 Å². The quantitative estimate of drug-likeness (QED) is 0.391. The van der Waals surface area contributed by atoms with E-state index in [-0.39, 0.29) is 16.6 Å². The van der Waals surface area contributed by atoms with E-state index in [1.807, 2.05) is 0 Å². The van der Waals surface area contributed by atoms with E-state index in [9.17, 15) is 18.0 Å². The van der Waals surface area contributed by atoms with E-state index in [4.69, 9.17) is 0 Å². The second kappa shape index (κ2) is 10.5. The lowest BCUT2D eigenvalue weighted by Gasteiger charge is -2.22. The van der Waals surface area contributed by atoms with Gasteiger partial charge in [0, 0.05) is 18.8 Å². The average molecular weight is 466 g/mol. The van der Waals surface area contributed by atoms with Crippen LogP contribution in [0.5, 0.6) is 0 Å². The Bertz CT molecular complexity index is 1250. The van der Waals surface area contributed by atoms with Gasteiger partial charge in [0.2, 0.25) is 5.91 Å². The van der Waals surface area contributed by atoms with Gasteiger partial charge in [-0.2, -0.15) is 5.10 Å². The molecule has 0 saturated carbocycles. The molecule has 9 nitrogen and oxygen atoms in total. The second-order valence-electron chi connectivity index (χ2n) is 7.00. The SMILES string of the molecule is CC(=O)Nc1ccc(/C(C)=N\NC(=O)CN(c2ccccn2)S(=O)(=O)c2ccccc2)cc1. The molecular weight excluding hydrogens is 442 g/mol. The molecule has 0 aliphatic rings. The molecule has 3 aromatic rings. The number of aromatic nitrogens is 1. The summed E-state index contributed by atoms with van der Waals surface area (Å²) in [5.74, 6) is -0.691. The highest BCUT2D eigenvalue weighted by molar-refractivity contribution is 7.92. The van der Waals surface area contributed by atoms with Gasteiger partial charge in [-0.05, 0) is 48.9 Å². The standard InChI is InChI=1S/C23H23N5O4S/c1-17(19-11-13-20(14-12-19)25-18(2)29)26-27-23(30)16-28(22-10-6-7-15-24-22)33(31,32)21-8-4-3-5-9-21/h3-15H,16H2,1-2H3,(H,25,29)(H,27,30)/b26-17-. The normalized spacial score (nSPS) is 11.5. The molecule has 0 radical (unpaired) electrons. The van der Waals surface area contributed by atoms with Gasteiger partial charge in [0.25, 0.3) is 15.9 Å². The van der Waals surface area contributed by atoms with Gasteiger partial charge in [-0.15, -0.1) is 0 Å². The lowest BCUT2D eigenvalue weighted by atomic mass is 10.1. The molecule has 0 unspecified atom stereocenters. The van der Waals surface area contributed by atoms with Crippen molar-refractivity contribution in [3.05, 3.63) is 84.6 Å². The Morgan fingerprint density at radius 1 is 0.939 bits per heavy atom. The summed E-state index contributed by atoms with van der Waals surface area (Å²) >= 11 is 0. The number of sulfonamides is 1. The van der Waals surface area contributed by atoms with Crippen LogP contribution in [-0.4, -0.2) is 37.5 Å². The zero-order valence-corrected chi connectivity index (χ0v) is 18.9. The van der Waals surface area contributed by atoms with Crippen LogP contribution in [0, 0.1) is 0 Å². The topological polar surface area (TPSA) is 121 Å². The number of benzene rings is 2. The summed E-state index contributed by atoms with van der Waals surface area (Å²) in [4.78, 5) is 27.9. The summed E-state index contributed by atoms with van der Waals surface area (Å²) < 4.78 is 27.3. The third kappa shape index (κ3) is 6.23. The number of amides is 2. The van der Waals surface area contributed by atoms with Crippen molar-refractivity contribution in [1.82, 2.24) is 10.4 Å². The van der Waals surface area contributed by atoms with Gasteiger partial charge in [0.05, 0.1) is 10.6 Å². The first-order chi connectivity index (χ1) is 15.8. The van der Waals surface area contributed by atoms with Gasteiger partial charge in [0.1, 0.15) is 12.4 Å². The van der Waals surface area contributed by atoms with Crippen LogP contribution in [0.25, 0.3) is 0 Å². The molecule has 0 spiro atoms. The van der Waals surface area contributed by atoms with E-state index in [0.717, 1.165) is 9.87 Å². The predicted octanol–water partition coefficient (Wildman–Crippen LogP) is 2.78. The minimum absolute atomic E-state index is 0.0439. The first-order valence-electron chi connectivity index (χ1n) is 9.97. The van der Waals surface area contributed by atoms with Crippen molar-refractivity contribution in [3.63, 3.8) is 0 Å². The van der Waals surface area contributed by atoms with Crippen molar-refractivity contribution in [3.8, 4) is 0 Å². The fourth-order valence-corrected chi connectivity index (χ4v) is 4.28. The van der Waals surface area contributed by atoms with Crippen LogP contribution < -0.4 is 15.0 Å². The molecular formula is C23H23N5O4S. The van der Waals surface area contributed by atoms with Crippen molar-refractivity contribution in [2.75, 3.05) is 16.2 Å². The number of rotatable bonds is 8. The van der Waals surface area contributed by atoms with Gasteiger partial charge >= 0.3 is 0 Å². The van der Waals surface area contributed by atoms with E-state index in [1.165, 1.54) is 31.3 Å². The van der Waals surface area contributed by atoms with E-state index >= 15 is 0 Å². The minimum Gasteiger partial charge on any atom is -0.326 e. The number of hydrogen-bond donors (Lipinski definition) is 2. The van der Waals surface area contributed by atoms with Crippen LogP contribution in [0.15, 0.2) is 89.0 Å². The molecule has 2 aromatic carbocycles. The average Bonchev–Trinajstić information content (AvgIpc) is 2.82. The number of hydrazone groups is 1. The molecule has 0 aliphatic carbocycles. The highest BCUT2D eigenvalue weighted by Gasteiger charge is 2.27. The molecule has 3 rings (SSSR count). The Kier molecular flexibility index (Phi) is 7.52. The number of hydrogen-bond acceptors (Lipinski definition) is 6. The number of carbonyl (C=O) groups excluding carboxylic acids is 2. The fraction of sp³-hybridized carbons (Fsp3) is 0.130. The van der Waals surface area contributed by atoms with Crippen molar-refractivity contribution in [2.45, 2.75) is 18.7 Å². The van der Waals surface area contributed by atoms with Crippen LogP contribution in [-0.2, 0) is 19.6 Å². The van der Waals surface area contributed by atoms with Gasteiger partial charge in [-0.3, -0.25) is 9.59 Å². The lowest BCUT2D eigenvalue weighted by Crippen LogP contribution is -2.40. The second-order valence-corrected chi connectivity index (χ2v) is 8.87. The molecule has 2 amide bonds. The largest absolute Gasteiger partial charge is 0.326 e. The summed E-state index contributed by atoms with van der Waals surface area (Å²) in [6.45, 7) is 2.61. The Morgan fingerprint density at radius 2 is 1.61 bits per heavy atom. The maximum Gasteiger partial charge on any atom is 0.265 e. The first kappa shape index (κ1) is 23.6. The predicted molar refractivity (Wildman–Crippen MR) is 126 cm³/mol. The maximum absolute atomic E-state index is 13.2. The summed E-state index contributed by atoms with van der Waals surface area (Å²) in [7, 11) is -4.03. The summed E-state index contributed by atoms with van der Waals surface area (Å²) in [5.41, 5.74) is 4.27. The highest BCUT2D eigenvalue weighted by atomic mass is 32.2. The molecule has 0 atom stereocenters. The van der Waals surface area contributed by atoms with Crippen LogP contribution in [0.2, 0.25) is 0 Å². The number of carbonyl (C=O) groups is 2. The third-order valence-corrected chi connectivity index (χ3v) is 6.26. The molecule has 10 heteroatoms. The smallest absolute Gasteiger partial charge is 0.265 e. The number of nitrogens with one attached hydrogen (secondary N) is 2. The van der Waals surface area contributed by atoms with Gasteiger partial charge in [-0.25, -0.2) is 23.1 Å². The van der Waals surface area contributed by atoms with Crippen LogP contribution in [0.4, 0.5) is 11.5 Å². The Hall–Kier alpha value is -4.05. The van der Waals surface area contributed by atoms with Crippen LogP contribution in [0.1, 0.15) is 19.4 Å². The van der Waals surface area contributed by atoms with E-state index in [2.05, 4.69) is 20.8 Å².